The van der Waals surface area contributed by atoms with E-state index in [2.05, 4.69) is 16.7 Å². The normalized spacial score (nSPS) is 11.5. The van der Waals surface area contributed by atoms with Gasteiger partial charge in [-0.15, -0.1) is 11.3 Å². The number of rotatable bonds is 4. The SMILES string of the molecule is Cc1ccc(C)c(N[C@H](C)C(=O)Nc2sccc2C#N)c1. The number of nitrogens with one attached hydrogen (secondary N) is 2. The molecule has 1 atom stereocenters. The first kappa shape index (κ1) is 15.1. The molecule has 21 heavy (non-hydrogen) atoms. The number of hydrogen-bond acceptors (Lipinski definition) is 4. The number of aryl methyl sites for hydroxylation is 2. The second kappa shape index (κ2) is 6.42. The molecular formula is C16H17N3OS. The maximum absolute atomic E-state index is 12.2. The van der Waals surface area contributed by atoms with Gasteiger partial charge in [0.2, 0.25) is 5.91 Å². The lowest BCUT2D eigenvalue weighted by atomic mass is 10.1. The molecule has 108 valence electrons. The predicted octanol–water partition coefficient (Wildman–Crippen LogP) is 3.68. The third kappa shape index (κ3) is 3.61. The molecule has 0 fully saturated rings. The average Bonchev–Trinajstić information content (AvgIpc) is 2.90. The molecule has 1 amide bonds. The topological polar surface area (TPSA) is 64.9 Å². The number of thiophene rings is 1. The zero-order valence-corrected chi connectivity index (χ0v) is 13.0. The second-order valence-electron chi connectivity index (χ2n) is 4.95. The minimum Gasteiger partial charge on any atom is -0.374 e. The van der Waals surface area contributed by atoms with Crippen molar-refractivity contribution in [2.45, 2.75) is 26.8 Å². The van der Waals surface area contributed by atoms with Gasteiger partial charge in [-0.2, -0.15) is 5.26 Å². The number of hydrogen-bond donors (Lipinski definition) is 2. The molecule has 0 spiro atoms. The number of carbonyl (C=O) groups is 1. The van der Waals surface area contributed by atoms with Crippen molar-refractivity contribution < 1.29 is 4.79 Å². The summed E-state index contributed by atoms with van der Waals surface area (Å²) in [5.41, 5.74) is 3.67. The molecule has 1 aromatic heterocycles. The Bertz CT molecular complexity index is 700. The van der Waals surface area contributed by atoms with Gasteiger partial charge in [-0.25, -0.2) is 0 Å². The maximum Gasteiger partial charge on any atom is 0.247 e. The molecule has 1 aromatic carbocycles. The zero-order chi connectivity index (χ0) is 15.4. The van der Waals surface area contributed by atoms with Crippen molar-refractivity contribution in [1.82, 2.24) is 0 Å². The summed E-state index contributed by atoms with van der Waals surface area (Å²) in [4.78, 5) is 12.2. The summed E-state index contributed by atoms with van der Waals surface area (Å²) in [5.74, 6) is -0.158. The molecule has 0 aliphatic heterocycles. The number of amides is 1. The first-order valence-electron chi connectivity index (χ1n) is 6.63. The molecule has 2 N–H and O–H groups in total. The highest BCUT2D eigenvalue weighted by Gasteiger charge is 2.16. The van der Waals surface area contributed by atoms with E-state index in [0.29, 0.717) is 10.6 Å². The lowest BCUT2D eigenvalue weighted by Crippen LogP contribution is -2.32. The smallest absolute Gasteiger partial charge is 0.247 e. The largest absolute Gasteiger partial charge is 0.374 e. The maximum atomic E-state index is 12.2. The van der Waals surface area contributed by atoms with E-state index in [4.69, 9.17) is 5.26 Å². The van der Waals surface area contributed by atoms with Crippen LogP contribution in [0.3, 0.4) is 0 Å². The number of benzene rings is 1. The van der Waals surface area contributed by atoms with Crippen molar-refractivity contribution in [3.05, 3.63) is 46.3 Å². The van der Waals surface area contributed by atoms with E-state index in [1.807, 2.05) is 32.0 Å². The van der Waals surface area contributed by atoms with E-state index in [0.717, 1.165) is 16.8 Å². The zero-order valence-electron chi connectivity index (χ0n) is 12.2. The molecule has 0 aliphatic rings. The molecule has 2 aromatic rings. The van der Waals surface area contributed by atoms with Gasteiger partial charge in [-0.1, -0.05) is 12.1 Å². The van der Waals surface area contributed by atoms with Crippen LogP contribution in [-0.4, -0.2) is 11.9 Å². The molecule has 0 radical (unpaired) electrons. The summed E-state index contributed by atoms with van der Waals surface area (Å²) in [7, 11) is 0. The molecule has 0 saturated carbocycles. The van der Waals surface area contributed by atoms with Crippen LogP contribution in [0.5, 0.6) is 0 Å². The van der Waals surface area contributed by atoms with Crippen LogP contribution in [-0.2, 0) is 4.79 Å². The monoisotopic (exact) mass is 299 g/mol. The van der Waals surface area contributed by atoms with Crippen LogP contribution >= 0.6 is 11.3 Å². The van der Waals surface area contributed by atoms with Gasteiger partial charge in [0.1, 0.15) is 17.1 Å². The highest BCUT2D eigenvalue weighted by Crippen LogP contribution is 2.23. The molecule has 0 aliphatic carbocycles. The fourth-order valence-electron chi connectivity index (χ4n) is 1.90. The van der Waals surface area contributed by atoms with Crippen LogP contribution in [0.4, 0.5) is 10.7 Å². The van der Waals surface area contributed by atoms with Crippen molar-refractivity contribution in [1.29, 1.82) is 5.26 Å². The van der Waals surface area contributed by atoms with E-state index in [1.54, 1.807) is 18.4 Å². The molecule has 0 saturated heterocycles. The van der Waals surface area contributed by atoms with Gasteiger partial charge in [-0.3, -0.25) is 4.79 Å². The first-order valence-corrected chi connectivity index (χ1v) is 7.51. The molecule has 0 unspecified atom stereocenters. The number of nitriles is 1. The minimum atomic E-state index is -0.390. The van der Waals surface area contributed by atoms with Crippen LogP contribution in [0.2, 0.25) is 0 Å². The van der Waals surface area contributed by atoms with Crippen LogP contribution in [0.25, 0.3) is 0 Å². The fraction of sp³-hybridized carbons (Fsp3) is 0.250. The van der Waals surface area contributed by atoms with Gasteiger partial charge in [0.25, 0.3) is 0 Å². The van der Waals surface area contributed by atoms with Gasteiger partial charge in [-0.05, 0) is 49.4 Å². The highest BCUT2D eigenvalue weighted by molar-refractivity contribution is 7.14. The van der Waals surface area contributed by atoms with E-state index < -0.39 is 0 Å². The van der Waals surface area contributed by atoms with Crippen molar-refractivity contribution in [3.8, 4) is 6.07 Å². The van der Waals surface area contributed by atoms with Crippen LogP contribution in [0.15, 0.2) is 29.6 Å². The van der Waals surface area contributed by atoms with E-state index in [-0.39, 0.29) is 11.9 Å². The summed E-state index contributed by atoms with van der Waals surface area (Å²) in [6.45, 7) is 5.82. The third-order valence-corrected chi connectivity index (χ3v) is 4.01. The first-order chi connectivity index (χ1) is 10.0. The Labute approximate surface area is 128 Å². The van der Waals surface area contributed by atoms with Crippen molar-refractivity contribution in [2.75, 3.05) is 10.6 Å². The van der Waals surface area contributed by atoms with E-state index in [9.17, 15) is 4.79 Å². The number of carbonyl (C=O) groups excluding carboxylic acids is 1. The summed E-state index contributed by atoms with van der Waals surface area (Å²) in [6.07, 6.45) is 0. The lowest BCUT2D eigenvalue weighted by Gasteiger charge is -2.17. The Kier molecular flexibility index (Phi) is 4.61. The Morgan fingerprint density at radius 1 is 1.33 bits per heavy atom. The third-order valence-electron chi connectivity index (χ3n) is 3.18. The molecular weight excluding hydrogens is 282 g/mol. The van der Waals surface area contributed by atoms with E-state index in [1.165, 1.54) is 11.3 Å². The summed E-state index contributed by atoms with van der Waals surface area (Å²) in [6, 6.07) is 9.45. The Hall–Kier alpha value is -2.32. The van der Waals surface area contributed by atoms with E-state index >= 15 is 0 Å². The van der Waals surface area contributed by atoms with Crippen molar-refractivity contribution in [3.63, 3.8) is 0 Å². The van der Waals surface area contributed by atoms with Crippen LogP contribution in [0.1, 0.15) is 23.6 Å². The molecule has 4 nitrogen and oxygen atoms in total. The molecule has 1 heterocycles. The average molecular weight is 299 g/mol. The lowest BCUT2D eigenvalue weighted by molar-refractivity contribution is -0.116. The van der Waals surface area contributed by atoms with Crippen LogP contribution < -0.4 is 10.6 Å². The van der Waals surface area contributed by atoms with Gasteiger partial charge in [0, 0.05) is 5.69 Å². The van der Waals surface area contributed by atoms with Gasteiger partial charge in [0.05, 0.1) is 5.56 Å². The van der Waals surface area contributed by atoms with Gasteiger partial charge in [0.15, 0.2) is 0 Å². The highest BCUT2D eigenvalue weighted by atomic mass is 32.1. The predicted molar refractivity (Wildman–Crippen MR) is 86.7 cm³/mol. The Morgan fingerprint density at radius 2 is 2.10 bits per heavy atom. The Morgan fingerprint density at radius 3 is 2.81 bits per heavy atom. The van der Waals surface area contributed by atoms with Gasteiger partial charge < -0.3 is 10.6 Å². The Balaban J connectivity index is 2.06. The van der Waals surface area contributed by atoms with Crippen molar-refractivity contribution >= 4 is 27.9 Å². The summed E-state index contributed by atoms with van der Waals surface area (Å²) in [5, 5.41) is 17.3. The fourth-order valence-corrected chi connectivity index (χ4v) is 2.64. The number of anilines is 2. The van der Waals surface area contributed by atoms with Crippen LogP contribution in [0, 0.1) is 25.2 Å². The van der Waals surface area contributed by atoms with Crippen molar-refractivity contribution in [2.24, 2.45) is 0 Å². The summed E-state index contributed by atoms with van der Waals surface area (Å²) >= 11 is 1.35. The van der Waals surface area contributed by atoms with Gasteiger partial charge >= 0.3 is 0 Å². The molecule has 0 bridgehead atoms. The molecule has 5 heteroatoms. The number of nitrogens with zero attached hydrogens (tertiary/aromatic N) is 1. The standard InChI is InChI=1S/C16H17N3OS/c1-10-4-5-11(2)14(8-10)18-12(3)15(20)19-16-13(9-17)6-7-21-16/h4-8,12,18H,1-3H3,(H,19,20)/t12-/m1/s1. The summed E-state index contributed by atoms with van der Waals surface area (Å²) < 4.78 is 0. The molecule has 2 rings (SSSR count). The second-order valence-corrected chi connectivity index (χ2v) is 5.86. The minimum absolute atomic E-state index is 0.158. The quantitative estimate of drug-likeness (QED) is 0.905.